The van der Waals surface area contributed by atoms with Crippen LogP contribution in [0.2, 0.25) is 0 Å². The van der Waals surface area contributed by atoms with Crippen molar-refractivity contribution in [3.8, 4) is 0 Å². The Hall–Kier alpha value is -0.810. The molecule has 0 aromatic carbocycles. The van der Waals surface area contributed by atoms with Gasteiger partial charge in [0.05, 0.1) is 13.2 Å². The first-order chi connectivity index (χ1) is 11.2. The molecular weight excluding hydrogens is 288 g/mol. The summed E-state index contributed by atoms with van der Waals surface area (Å²) >= 11 is 0. The van der Waals surface area contributed by atoms with Crippen molar-refractivity contribution in [2.24, 2.45) is 16.3 Å². The molecule has 2 heterocycles. The summed E-state index contributed by atoms with van der Waals surface area (Å²) in [4.78, 5) is 9.55. The van der Waals surface area contributed by atoms with Crippen molar-refractivity contribution in [2.45, 2.75) is 39.0 Å². The number of guanidine groups is 1. The van der Waals surface area contributed by atoms with Gasteiger partial charge in [0, 0.05) is 46.3 Å². The summed E-state index contributed by atoms with van der Waals surface area (Å²) in [5, 5.41) is 3.63. The Labute approximate surface area is 141 Å². The van der Waals surface area contributed by atoms with Crippen LogP contribution in [0.25, 0.3) is 0 Å². The van der Waals surface area contributed by atoms with E-state index in [1.807, 2.05) is 7.05 Å². The van der Waals surface area contributed by atoms with Crippen LogP contribution in [0.1, 0.15) is 39.0 Å². The van der Waals surface area contributed by atoms with Crippen LogP contribution >= 0.6 is 0 Å². The van der Waals surface area contributed by atoms with Crippen molar-refractivity contribution < 1.29 is 4.74 Å². The van der Waals surface area contributed by atoms with Crippen molar-refractivity contribution in [3.05, 3.63) is 0 Å². The largest absolute Gasteiger partial charge is 0.379 e. The Morgan fingerprint density at radius 2 is 1.91 bits per heavy atom. The molecule has 3 rings (SSSR count). The second kappa shape index (κ2) is 7.84. The number of hydrogen-bond acceptors (Lipinski definition) is 3. The summed E-state index contributed by atoms with van der Waals surface area (Å²) in [7, 11) is 1.93. The molecule has 5 heteroatoms. The first-order valence-electron chi connectivity index (χ1n) is 9.46. The molecule has 1 unspecified atom stereocenters. The van der Waals surface area contributed by atoms with Gasteiger partial charge in [0.15, 0.2) is 5.96 Å². The molecule has 1 N–H and O–H groups in total. The van der Waals surface area contributed by atoms with Gasteiger partial charge in [-0.05, 0) is 30.6 Å². The molecule has 1 spiro atoms. The number of morpholine rings is 1. The van der Waals surface area contributed by atoms with Crippen molar-refractivity contribution in [2.75, 3.05) is 59.5 Å². The van der Waals surface area contributed by atoms with Gasteiger partial charge in [-0.15, -0.1) is 0 Å². The monoisotopic (exact) mass is 322 g/mol. The molecule has 1 aliphatic carbocycles. The summed E-state index contributed by atoms with van der Waals surface area (Å²) in [6, 6.07) is 0. The molecule has 23 heavy (non-hydrogen) atoms. The average molecular weight is 322 g/mol. The number of nitrogens with zero attached hydrogens (tertiary/aromatic N) is 3. The Kier molecular flexibility index (Phi) is 5.81. The molecule has 0 amide bonds. The average Bonchev–Trinajstić information content (AvgIpc) is 3.20. The zero-order valence-corrected chi connectivity index (χ0v) is 15.0. The summed E-state index contributed by atoms with van der Waals surface area (Å²) in [5.41, 5.74) is 0.608. The van der Waals surface area contributed by atoms with Gasteiger partial charge < -0.3 is 15.0 Å². The number of likely N-dealkylation sites (tertiary alicyclic amines) is 1. The second-order valence-electron chi connectivity index (χ2n) is 7.82. The van der Waals surface area contributed by atoms with Crippen LogP contribution in [-0.2, 0) is 4.74 Å². The van der Waals surface area contributed by atoms with E-state index >= 15 is 0 Å². The predicted molar refractivity (Wildman–Crippen MR) is 94.9 cm³/mol. The minimum absolute atomic E-state index is 0.608. The van der Waals surface area contributed by atoms with Gasteiger partial charge in [-0.25, -0.2) is 0 Å². The molecule has 2 aliphatic heterocycles. The van der Waals surface area contributed by atoms with Gasteiger partial charge in [0.25, 0.3) is 0 Å². The molecule has 5 nitrogen and oxygen atoms in total. The fraction of sp³-hybridized carbons (Fsp3) is 0.944. The predicted octanol–water partition coefficient (Wildman–Crippen LogP) is 1.80. The van der Waals surface area contributed by atoms with E-state index in [-0.39, 0.29) is 0 Å². The third-order valence-corrected chi connectivity index (χ3v) is 5.90. The number of hydrogen-bond donors (Lipinski definition) is 1. The van der Waals surface area contributed by atoms with Gasteiger partial charge in [0.2, 0.25) is 0 Å². The first kappa shape index (κ1) is 17.0. The molecule has 2 saturated heterocycles. The molecule has 1 saturated carbocycles. The smallest absolute Gasteiger partial charge is 0.193 e. The van der Waals surface area contributed by atoms with Crippen molar-refractivity contribution in [1.82, 2.24) is 15.1 Å². The van der Waals surface area contributed by atoms with Gasteiger partial charge in [0.1, 0.15) is 0 Å². The molecule has 0 radical (unpaired) electrons. The maximum absolute atomic E-state index is 5.43. The first-order valence-corrected chi connectivity index (χ1v) is 9.46. The van der Waals surface area contributed by atoms with E-state index in [2.05, 4.69) is 27.0 Å². The van der Waals surface area contributed by atoms with Crippen LogP contribution in [0, 0.1) is 11.3 Å². The molecule has 0 bridgehead atoms. The molecule has 132 valence electrons. The third kappa shape index (κ3) is 4.38. The van der Waals surface area contributed by atoms with Crippen LogP contribution in [0.5, 0.6) is 0 Å². The molecule has 0 aromatic rings. The van der Waals surface area contributed by atoms with Crippen LogP contribution in [-0.4, -0.2) is 75.3 Å². The topological polar surface area (TPSA) is 40.1 Å². The lowest BCUT2D eigenvalue weighted by Gasteiger charge is -2.30. The zero-order chi connectivity index (χ0) is 16.1. The summed E-state index contributed by atoms with van der Waals surface area (Å²) < 4.78 is 5.43. The van der Waals surface area contributed by atoms with Gasteiger partial charge in [-0.1, -0.05) is 19.8 Å². The molecule has 0 aromatic heterocycles. The third-order valence-electron chi connectivity index (χ3n) is 5.90. The Balaban J connectivity index is 1.42. The number of aliphatic imine (C=N–C) groups is 1. The Morgan fingerprint density at radius 1 is 1.17 bits per heavy atom. The van der Waals surface area contributed by atoms with Crippen molar-refractivity contribution >= 4 is 5.96 Å². The van der Waals surface area contributed by atoms with E-state index in [1.54, 1.807) is 0 Å². The highest BCUT2D eigenvalue weighted by Gasteiger charge is 2.41. The van der Waals surface area contributed by atoms with Crippen molar-refractivity contribution in [3.63, 3.8) is 0 Å². The van der Waals surface area contributed by atoms with E-state index in [9.17, 15) is 0 Å². The maximum Gasteiger partial charge on any atom is 0.193 e. The fourth-order valence-corrected chi connectivity index (χ4v) is 4.54. The van der Waals surface area contributed by atoms with Crippen LogP contribution in [0.15, 0.2) is 4.99 Å². The summed E-state index contributed by atoms with van der Waals surface area (Å²) in [5.74, 6) is 1.75. The standard InChI is InChI=1S/C18H34N4O/c1-16(14-21-9-11-23-12-10-21)13-20-17(19-2)22-8-7-18(15-22)5-3-4-6-18/h16H,3-15H2,1-2H3,(H,19,20). The second-order valence-corrected chi connectivity index (χ2v) is 7.82. The highest BCUT2D eigenvalue weighted by molar-refractivity contribution is 5.80. The van der Waals surface area contributed by atoms with Crippen LogP contribution in [0.4, 0.5) is 0 Å². The highest BCUT2D eigenvalue weighted by Crippen LogP contribution is 2.45. The normalized spacial score (nSPS) is 26.9. The number of nitrogens with one attached hydrogen (secondary N) is 1. The maximum atomic E-state index is 5.43. The Bertz CT molecular complexity index is 400. The molecule has 3 aliphatic rings. The fourth-order valence-electron chi connectivity index (χ4n) is 4.54. The highest BCUT2D eigenvalue weighted by atomic mass is 16.5. The molecular formula is C18H34N4O. The van der Waals surface area contributed by atoms with Gasteiger partial charge in [-0.2, -0.15) is 0 Å². The van der Waals surface area contributed by atoms with Gasteiger partial charge >= 0.3 is 0 Å². The molecule has 1 atom stereocenters. The Morgan fingerprint density at radius 3 is 2.61 bits per heavy atom. The summed E-state index contributed by atoms with van der Waals surface area (Å²) in [6.45, 7) is 10.8. The lowest BCUT2D eigenvalue weighted by atomic mass is 9.86. The van der Waals surface area contributed by atoms with Crippen LogP contribution in [0.3, 0.4) is 0 Å². The zero-order valence-electron chi connectivity index (χ0n) is 15.0. The minimum atomic E-state index is 0.608. The SMILES string of the molecule is CN=C(NCC(C)CN1CCOCC1)N1CCC2(CCCC2)C1. The minimum Gasteiger partial charge on any atom is -0.379 e. The lowest BCUT2D eigenvalue weighted by Crippen LogP contribution is -2.45. The number of ether oxygens (including phenoxy) is 1. The van der Waals surface area contributed by atoms with E-state index < -0.39 is 0 Å². The van der Waals surface area contributed by atoms with E-state index in [0.29, 0.717) is 11.3 Å². The molecule has 3 fully saturated rings. The number of rotatable bonds is 4. The van der Waals surface area contributed by atoms with E-state index in [0.717, 1.165) is 45.4 Å². The van der Waals surface area contributed by atoms with Crippen LogP contribution < -0.4 is 5.32 Å². The van der Waals surface area contributed by atoms with Crippen molar-refractivity contribution in [1.29, 1.82) is 0 Å². The van der Waals surface area contributed by atoms with Gasteiger partial charge in [-0.3, -0.25) is 9.89 Å². The summed E-state index contributed by atoms with van der Waals surface area (Å²) in [6.07, 6.45) is 7.06. The van der Waals surface area contributed by atoms with E-state index in [4.69, 9.17) is 4.74 Å². The van der Waals surface area contributed by atoms with E-state index in [1.165, 1.54) is 45.2 Å². The quantitative estimate of drug-likeness (QED) is 0.633. The lowest BCUT2D eigenvalue weighted by molar-refractivity contribution is 0.0320.